The number of aromatic nitrogens is 1. The van der Waals surface area contributed by atoms with Crippen molar-refractivity contribution in [2.75, 3.05) is 12.4 Å². The summed E-state index contributed by atoms with van der Waals surface area (Å²) in [5.41, 5.74) is 4.77. The van der Waals surface area contributed by atoms with E-state index in [0.717, 1.165) is 16.5 Å². The lowest BCUT2D eigenvalue weighted by Gasteiger charge is -2.28. The Kier molecular flexibility index (Phi) is 7.72. The SMILES string of the molecule is CC(C)c1ccc(NC(=O)[C@H](c2ccccc2)N(C)C(=O)Cc2c[nH]c3ccc(CC(=O)O)cc23)cc1. The van der Waals surface area contributed by atoms with Gasteiger partial charge in [0, 0.05) is 29.8 Å². The second kappa shape index (κ2) is 11.1. The second-order valence-electron chi connectivity index (χ2n) is 9.52. The van der Waals surface area contributed by atoms with Crippen LogP contribution in [-0.4, -0.2) is 39.8 Å². The molecule has 0 fully saturated rings. The van der Waals surface area contributed by atoms with Crippen LogP contribution in [0.5, 0.6) is 0 Å². The molecular weight excluding hydrogens is 466 g/mol. The van der Waals surface area contributed by atoms with Gasteiger partial charge in [-0.15, -0.1) is 0 Å². The molecule has 190 valence electrons. The summed E-state index contributed by atoms with van der Waals surface area (Å²) in [6.07, 6.45) is 1.73. The van der Waals surface area contributed by atoms with Crippen molar-refractivity contribution in [3.8, 4) is 0 Å². The lowest BCUT2D eigenvalue weighted by molar-refractivity contribution is -0.136. The molecule has 0 saturated heterocycles. The molecule has 4 rings (SSSR count). The van der Waals surface area contributed by atoms with Crippen LogP contribution >= 0.6 is 0 Å². The number of fused-ring (bicyclic) bond motifs is 1. The molecule has 37 heavy (non-hydrogen) atoms. The van der Waals surface area contributed by atoms with E-state index in [9.17, 15) is 14.4 Å². The second-order valence-corrected chi connectivity index (χ2v) is 9.52. The number of carbonyl (C=O) groups excluding carboxylic acids is 2. The summed E-state index contributed by atoms with van der Waals surface area (Å²) in [6, 6.07) is 21.5. The van der Waals surface area contributed by atoms with Crippen LogP contribution in [0.1, 0.15) is 48.1 Å². The summed E-state index contributed by atoms with van der Waals surface area (Å²) in [5, 5.41) is 12.9. The Morgan fingerprint density at radius 3 is 2.27 bits per heavy atom. The number of hydrogen-bond donors (Lipinski definition) is 3. The number of likely N-dealkylation sites (N-methyl/N-ethyl adjacent to an activating group) is 1. The molecule has 2 amide bonds. The van der Waals surface area contributed by atoms with Crippen LogP contribution in [0, 0.1) is 0 Å². The van der Waals surface area contributed by atoms with E-state index in [1.807, 2.05) is 60.7 Å². The highest BCUT2D eigenvalue weighted by Gasteiger charge is 2.29. The standard InChI is InChI=1S/C30H31N3O4/c1-19(2)21-10-12-24(13-11-21)32-30(37)29(22-7-5-4-6-8-22)33(3)27(34)17-23-18-31-26-14-9-20(15-25(23)26)16-28(35)36/h4-15,18-19,29,31H,16-17H2,1-3H3,(H,32,37)(H,35,36)/t29-/m0/s1. The monoisotopic (exact) mass is 497 g/mol. The van der Waals surface area contributed by atoms with E-state index in [4.69, 9.17) is 5.11 Å². The molecule has 0 saturated carbocycles. The van der Waals surface area contributed by atoms with Gasteiger partial charge in [0.15, 0.2) is 0 Å². The molecule has 1 atom stereocenters. The first-order valence-corrected chi connectivity index (χ1v) is 12.2. The maximum atomic E-state index is 13.5. The van der Waals surface area contributed by atoms with Gasteiger partial charge >= 0.3 is 5.97 Å². The summed E-state index contributed by atoms with van der Waals surface area (Å²) >= 11 is 0. The van der Waals surface area contributed by atoms with Crippen molar-refractivity contribution in [3.05, 3.63) is 101 Å². The van der Waals surface area contributed by atoms with Crippen LogP contribution in [-0.2, 0) is 27.2 Å². The minimum atomic E-state index is -0.914. The maximum absolute atomic E-state index is 13.5. The first-order valence-electron chi connectivity index (χ1n) is 12.2. The number of H-pyrrole nitrogens is 1. The Balaban J connectivity index is 1.57. The van der Waals surface area contributed by atoms with E-state index in [1.54, 1.807) is 25.4 Å². The lowest BCUT2D eigenvalue weighted by Crippen LogP contribution is -2.39. The summed E-state index contributed by atoms with van der Waals surface area (Å²) in [6.45, 7) is 4.22. The van der Waals surface area contributed by atoms with Gasteiger partial charge in [-0.05, 0) is 52.4 Å². The largest absolute Gasteiger partial charge is 0.481 e. The molecule has 3 aromatic carbocycles. The van der Waals surface area contributed by atoms with Gasteiger partial charge in [-0.25, -0.2) is 0 Å². The third kappa shape index (κ3) is 6.06. The fourth-order valence-corrected chi connectivity index (χ4v) is 4.44. The highest BCUT2D eigenvalue weighted by Crippen LogP contribution is 2.26. The Morgan fingerprint density at radius 1 is 0.919 bits per heavy atom. The maximum Gasteiger partial charge on any atom is 0.307 e. The number of carbonyl (C=O) groups is 3. The molecule has 1 heterocycles. The van der Waals surface area contributed by atoms with Crippen LogP contribution in [0.15, 0.2) is 79.0 Å². The molecule has 7 heteroatoms. The molecule has 4 aromatic rings. The zero-order chi connectivity index (χ0) is 26.5. The zero-order valence-electron chi connectivity index (χ0n) is 21.2. The van der Waals surface area contributed by atoms with E-state index >= 15 is 0 Å². The molecule has 0 unspecified atom stereocenters. The van der Waals surface area contributed by atoms with Crippen LogP contribution < -0.4 is 5.32 Å². The number of rotatable bonds is 9. The minimum Gasteiger partial charge on any atom is -0.481 e. The van der Waals surface area contributed by atoms with Crippen molar-refractivity contribution >= 4 is 34.4 Å². The van der Waals surface area contributed by atoms with E-state index in [1.165, 1.54) is 10.5 Å². The van der Waals surface area contributed by atoms with Gasteiger partial charge in [0.05, 0.1) is 12.8 Å². The summed E-state index contributed by atoms with van der Waals surface area (Å²) in [4.78, 5) is 42.7. The Labute approximate surface area is 216 Å². The fourth-order valence-electron chi connectivity index (χ4n) is 4.44. The number of aromatic amines is 1. The van der Waals surface area contributed by atoms with Crippen LogP contribution in [0.4, 0.5) is 5.69 Å². The number of nitrogens with one attached hydrogen (secondary N) is 2. The van der Waals surface area contributed by atoms with Gasteiger partial charge in [0.1, 0.15) is 6.04 Å². The first-order chi connectivity index (χ1) is 17.7. The number of benzene rings is 3. The molecule has 0 aliphatic rings. The van der Waals surface area contributed by atoms with Crippen molar-refractivity contribution in [1.29, 1.82) is 0 Å². The van der Waals surface area contributed by atoms with Gasteiger partial charge < -0.3 is 20.3 Å². The summed E-state index contributed by atoms with van der Waals surface area (Å²) in [7, 11) is 1.63. The van der Waals surface area contributed by atoms with Crippen LogP contribution in [0.3, 0.4) is 0 Å². The van der Waals surface area contributed by atoms with E-state index in [-0.39, 0.29) is 24.7 Å². The van der Waals surface area contributed by atoms with E-state index < -0.39 is 12.0 Å². The number of aliphatic carboxylic acids is 1. The number of carboxylic acids is 1. The summed E-state index contributed by atoms with van der Waals surface area (Å²) in [5.74, 6) is -1.07. The van der Waals surface area contributed by atoms with Gasteiger partial charge in [0.25, 0.3) is 5.91 Å². The lowest BCUT2D eigenvalue weighted by atomic mass is 10.0. The van der Waals surface area contributed by atoms with Gasteiger partial charge in [-0.1, -0.05) is 62.4 Å². The first kappa shape index (κ1) is 25.7. The Morgan fingerprint density at radius 2 is 1.62 bits per heavy atom. The number of hydrogen-bond acceptors (Lipinski definition) is 3. The number of nitrogens with zero attached hydrogens (tertiary/aromatic N) is 1. The van der Waals surface area contributed by atoms with Crippen molar-refractivity contribution in [3.63, 3.8) is 0 Å². The molecular formula is C30H31N3O4. The Hall–Kier alpha value is -4.39. The number of anilines is 1. The van der Waals surface area contributed by atoms with Gasteiger partial charge in [-0.3, -0.25) is 14.4 Å². The van der Waals surface area contributed by atoms with Crippen LogP contribution in [0.25, 0.3) is 10.9 Å². The smallest absolute Gasteiger partial charge is 0.307 e. The quantitative estimate of drug-likeness (QED) is 0.292. The van der Waals surface area contributed by atoms with Gasteiger partial charge in [-0.2, -0.15) is 0 Å². The van der Waals surface area contributed by atoms with Crippen molar-refractivity contribution < 1.29 is 19.5 Å². The molecule has 1 aromatic heterocycles. The normalized spacial score (nSPS) is 11.9. The number of amides is 2. The van der Waals surface area contributed by atoms with E-state index in [0.29, 0.717) is 22.7 Å². The molecule has 0 aliphatic carbocycles. The molecule has 0 spiro atoms. The molecule has 3 N–H and O–H groups in total. The zero-order valence-corrected chi connectivity index (χ0v) is 21.2. The fraction of sp³-hybridized carbons (Fsp3) is 0.233. The molecule has 7 nitrogen and oxygen atoms in total. The average Bonchev–Trinajstić information content (AvgIpc) is 3.26. The van der Waals surface area contributed by atoms with E-state index in [2.05, 4.69) is 24.1 Å². The summed E-state index contributed by atoms with van der Waals surface area (Å²) < 4.78 is 0. The number of carboxylic acid groups (broad SMARTS) is 1. The predicted octanol–water partition coefficient (Wildman–Crippen LogP) is 5.30. The van der Waals surface area contributed by atoms with Gasteiger partial charge in [0.2, 0.25) is 5.91 Å². The third-order valence-electron chi connectivity index (χ3n) is 6.52. The molecule has 0 aliphatic heterocycles. The predicted molar refractivity (Wildman–Crippen MR) is 144 cm³/mol. The third-order valence-corrected chi connectivity index (χ3v) is 6.52. The van der Waals surface area contributed by atoms with Crippen molar-refractivity contribution in [2.45, 2.75) is 38.6 Å². The Bertz CT molecular complexity index is 1410. The van der Waals surface area contributed by atoms with Crippen molar-refractivity contribution in [2.24, 2.45) is 0 Å². The highest BCUT2D eigenvalue weighted by atomic mass is 16.4. The molecule has 0 radical (unpaired) electrons. The minimum absolute atomic E-state index is 0.0622. The van der Waals surface area contributed by atoms with Crippen LogP contribution in [0.2, 0.25) is 0 Å². The average molecular weight is 498 g/mol. The molecule has 0 bridgehead atoms. The topological polar surface area (TPSA) is 103 Å². The highest BCUT2D eigenvalue weighted by molar-refractivity contribution is 5.98. The van der Waals surface area contributed by atoms with Crippen molar-refractivity contribution in [1.82, 2.24) is 9.88 Å².